The van der Waals surface area contributed by atoms with Crippen molar-refractivity contribution in [3.63, 3.8) is 0 Å². The first-order chi connectivity index (χ1) is 12.8. The second-order valence-electron chi connectivity index (χ2n) is 5.41. The molecule has 0 spiro atoms. The number of anilines is 3. The van der Waals surface area contributed by atoms with E-state index in [1.807, 2.05) is 41.8 Å². The molecule has 1 amide bonds. The molecule has 7 heteroatoms. The van der Waals surface area contributed by atoms with Crippen LogP contribution in [-0.2, 0) is 0 Å². The molecule has 3 heterocycles. The van der Waals surface area contributed by atoms with E-state index in [9.17, 15) is 4.79 Å². The van der Waals surface area contributed by atoms with E-state index in [2.05, 4.69) is 20.6 Å². The summed E-state index contributed by atoms with van der Waals surface area (Å²) in [5.74, 6) is -0.0216. The number of nitrogens with zero attached hydrogens (tertiary/aromatic N) is 2. The number of carbonyl (C=O) groups excluding carboxylic acids is 1. The summed E-state index contributed by atoms with van der Waals surface area (Å²) in [6, 6.07) is 14.6. The Morgan fingerprint density at radius 2 is 1.88 bits per heavy atom. The van der Waals surface area contributed by atoms with Crippen LogP contribution in [-0.4, -0.2) is 15.9 Å². The number of hydrogen-bond donors (Lipinski definition) is 2. The molecule has 0 aliphatic rings. The lowest BCUT2D eigenvalue weighted by molar-refractivity contribution is 0.0996. The Kier molecular flexibility index (Phi) is 4.44. The van der Waals surface area contributed by atoms with Crippen molar-refractivity contribution in [2.45, 2.75) is 0 Å². The lowest BCUT2D eigenvalue weighted by Crippen LogP contribution is -2.10. The van der Waals surface area contributed by atoms with Crippen LogP contribution in [0.5, 0.6) is 0 Å². The van der Waals surface area contributed by atoms with Crippen LogP contribution in [0.25, 0.3) is 11.3 Å². The van der Waals surface area contributed by atoms with Crippen molar-refractivity contribution in [1.29, 1.82) is 0 Å². The van der Waals surface area contributed by atoms with Gasteiger partial charge in [-0.1, -0.05) is 6.07 Å². The summed E-state index contributed by atoms with van der Waals surface area (Å²) < 4.78 is 5.10. The molecule has 4 aromatic rings. The lowest BCUT2D eigenvalue weighted by atomic mass is 10.2. The second-order valence-corrected chi connectivity index (χ2v) is 6.27. The summed E-state index contributed by atoms with van der Waals surface area (Å²) >= 11 is 1.51. The van der Waals surface area contributed by atoms with Gasteiger partial charge in [-0.25, -0.2) is 4.98 Å². The average Bonchev–Trinajstić information content (AvgIpc) is 3.35. The van der Waals surface area contributed by atoms with Crippen molar-refractivity contribution >= 4 is 33.8 Å². The number of thiazole rings is 1. The van der Waals surface area contributed by atoms with Gasteiger partial charge in [-0.05, 0) is 42.5 Å². The first kappa shape index (κ1) is 16.0. The molecular weight excluding hydrogens is 348 g/mol. The van der Waals surface area contributed by atoms with E-state index in [1.54, 1.807) is 24.5 Å². The highest BCUT2D eigenvalue weighted by molar-refractivity contribution is 7.14. The van der Waals surface area contributed by atoms with Crippen molar-refractivity contribution in [2.75, 3.05) is 10.6 Å². The first-order valence-electron chi connectivity index (χ1n) is 7.86. The Morgan fingerprint density at radius 1 is 1.04 bits per heavy atom. The van der Waals surface area contributed by atoms with Gasteiger partial charge in [0.25, 0.3) is 5.91 Å². The summed E-state index contributed by atoms with van der Waals surface area (Å²) in [7, 11) is 0. The summed E-state index contributed by atoms with van der Waals surface area (Å²) in [6.07, 6.45) is 4.95. The molecule has 0 aliphatic carbocycles. The molecule has 0 bridgehead atoms. The summed E-state index contributed by atoms with van der Waals surface area (Å²) in [5.41, 5.74) is 3.41. The number of rotatable bonds is 5. The van der Waals surface area contributed by atoms with E-state index in [0.717, 1.165) is 22.1 Å². The SMILES string of the molecule is O=C(Nc1cccc(Nc2nc(-c3ccncc3)cs2)c1)c1ccco1. The second kappa shape index (κ2) is 7.20. The van der Waals surface area contributed by atoms with E-state index in [1.165, 1.54) is 17.6 Å². The Hall–Kier alpha value is -3.45. The quantitative estimate of drug-likeness (QED) is 0.533. The highest BCUT2D eigenvalue weighted by atomic mass is 32.1. The van der Waals surface area contributed by atoms with Crippen molar-refractivity contribution in [1.82, 2.24) is 9.97 Å². The van der Waals surface area contributed by atoms with Crippen LogP contribution in [0, 0.1) is 0 Å². The molecule has 3 aromatic heterocycles. The normalized spacial score (nSPS) is 10.5. The number of amides is 1. The molecule has 2 N–H and O–H groups in total. The standard InChI is InChI=1S/C19H14N4O2S/c24-18(17-5-2-10-25-17)21-14-3-1-4-15(11-14)22-19-23-16(12-26-19)13-6-8-20-9-7-13/h1-12H,(H,21,24)(H,22,23). The van der Waals surface area contributed by atoms with Crippen molar-refractivity contribution < 1.29 is 9.21 Å². The highest BCUT2D eigenvalue weighted by Gasteiger charge is 2.09. The van der Waals surface area contributed by atoms with E-state index in [4.69, 9.17) is 4.42 Å². The molecule has 0 atom stereocenters. The minimum atomic E-state index is -0.290. The maximum atomic E-state index is 12.1. The van der Waals surface area contributed by atoms with Crippen molar-refractivity contribution in [3.05, 3.63) is 78.3 Å². The molecule has 0 saturated carbocycles. The highest BCUT2D eigenvalue weighted by Crippen LogP contribution is 2.27. The fraction of sp³-hybridized carbons (Fsp3) is 0. The molecule has 0 unspecified atom stereocenters. The topological polar surface area (TPSA) is 80.0 Å². The van der Waals surface area contributed by atoms with Gasteiger partial charge in [-0.15, -0.1) is 11.3 Å². The smallest absolute Gasteiger partial charge is 0.291 e. The van der Waals surface area contributed by atoms with Gasteiger partial charge in [0, 0.05) is 34.7 Å². The minimum Gasteiger partial charge on any atom is -0.459 e. The number of carbonyl (C=O) groups is 1. The number of benzene rings is 1. The summed E-state index contributed by atoms with van der Waals surface area (Å²) in [5, 5.41) is 8.82. The molecule has 0 fully saturated rings. The van der Waals surface area contributed by atoms with Gasteiger partial charge >= 0.3 is 0 Å². The van der Waals surface area contributed by atoms with Gasteiger partial charge < -0.3 is 15.1 Å². The van der Waals surface area contributed by atoms with Crippen LogP contribution in [0.3, 0.4) is 0 Å². The zero-order valence-electron chi connectivity index (χ0n) is 13.5. The van der Waals surface area contributed by atoms with Crippen LogP contribution in [0.15, 0.2) is 77.0 Å². The molecule has 26 heavy (non-hydrogen) atoms. The number of pyridine rings is 1. The van der Waals surface area contributed by atoms with Gasteiger partial charge in [0.05, 0.1) is 12.0 Å². The Morgan fingerprint density at radius 3 is 2.69 bits per heavy atom. The predicted octanol–water partition coefficient (Wildman–Crippen LogP) is 4.79. The average molecular weight is 362 g/mol. The van der Waals surface area contributed by atoms with Crippen molar-refractivity contribution in [3.8, 4) is 11.3 Å². The third kappa shape index (κ3) is 3.62. The molecule has 0 radical (unpaired) electrons. The Balaban J connectivity index is 1.47. The van der Waals surface area contributed by atoms with Crippen LogP contribution < -0.4 is 10.6 Å². The molecular formula is C19H14N4O2S. The van der Waals surface area contributed by atoms with E-state index >= 15 is 0 Å². The van der Waals surface area contributed by atoms with Crippen molar-refractivity contribution in [2.24, 2.45) is 0 Å². The number of nitrogens with one attached hydrogen (secondary N) is 2. The molecule has 1 aromatic carbocycles. The van der Waals surface area contributed by atoms with Crippen LogP contribution >= 0.6 is 11.3 Å². The monoisotopic (exact) mass is 362 g/mol. The lowest BCUT2D eigenvalue weighted by Gasteiger charge is -2.07. The van der Waals surface area contributed by atoms with Gasteiger partial charge in [0.1, 0.15) is 0 Å². The third-order valence-corrected chi connectivity index (χ3v) is 4.35. The van der Waals surface area contributed by atoms with Gasteiger partial charge in [-0.2, -0.15) is 0 Å². The van der Waals surface area contributed by atoms with E-state index in [0.29, 0.717) is 5.69 Å². The van der Waals surface area contributed by atoms with Gasteiger partial charge in [-0.3, -0.25) is 9.78 Å². The zero-order chi connectivity index (χ0) is 17.8. The number of aromatic nitrogens is 2. The summed E-state index contributed by atoms with van der Waals surface area (Å²) in [4.78, 5) is 20.7. The van der Waals surface area contributed by atoms with Crippen LogP contribution in [0.1, 0.15) is 10.6 Å². The zero-order valence-corrected chi connectivity index (χ0v) is 14.4. The van der Waals surface area contributed by atoms with Gasteiger partial charge in [0.15, 0.2) is 10.9 Å². The predicted molar refractivity (Wildman–Crippen MR) is 102 cm³/mol. The largest absolute Gasteiger partial charge is 0.459 e. The Labute approximate surface area is 153 Å². The van der Waals surface area contributed by atoms with Crippen LogP contribution in [0.4, 0.5) is 16.5 Å². The number of hydrogen-bond acceptors (Lipinski definition) is 6. The fourth-order valence-electron chi connectivity index (χ4n) is 2.39. The van der Waals surface area contributed by atoms with E-state index in [-0.39, 0.29) is 11.7 Å². The van der Waals surface area contributed by atoms with E-state index < -0.39 is 0 Å². The molecule has 0 aliphatic heterocycles. The van der Waals surface area contributed by atoms with Gasteiger partial charge in [0.2, 0.25) is 0 Å². The molecule has 0 saturated heterocycles. The summed E-state index contributed by atoms with van der Waals surface area (Å²) in [6.45, 7) is 0. The maximum absolute atomic E-state index is 12.1. The van der Waals surface area contributed by atoms with Crippen LogP contribution in [0.2, 0.25) is 0 Å². The molecule has 4 rings (SSSR count). The fourth-order valence-corrected chi connectivity index (χ4v) is 3.12. The minimum absolute atomic E-state index is 0.269. The number of furan rings is 1. The third-order valence-electron chi connectivity index (χ3n) is 3.60. The Bertz CT molecular complexity index is 1010. The molecule has 128 valence electrons. The first-order valence-corrected chi connectivity index (χ1v) is 8.74. The molecule has 6 nitrogen and oxygen atoms in total. The maximum Gasteiger partial charge on any atom is 0.291 e.